The number of carboxylic acids is 1. The second-order valence-electron chi connectivity index (χ2n) is 4.56. The maximum atomic E-state index is 12.1. The molecule has 6 heteroatoms. The fraction of sp³-hybridized carbons (Fsp3) is 0.786. The highest BCUT2D eigenvalue weighted by molar-refractivity contribution is 6.17. The van der Waals surface area contributed by atoms with Crippen molar-refractivity contribution in [1.82, 2.24) is 0 Å². The standard InChI is InChI=1S/C14H24O6/c1-4-6-8-19-14(20-9-7-5-2)12(16)11(10(3)15)13(17)18/h11,14H,4-9H2,1-3H3,(H,17,18). The van der Waals surface area contributed by atoms with E-state index in [-0.39, 0.29) is 0 Å². The molecule has 0 saturated heterocycles. The Hall–Kier alpha value is -1.27. The molecule has 0 saturated carbocycles. The second-order valence-corrected chi connectivity index (χ2v) is 4.56. The maximum absolute atomic E-state index is 12.1. The van der Waals surface area contributed by atoms with Gasteiger partial charge in [0.15, 0.2) is 11.7 Å². The summed E-state index contributed by atoms with van der Waals surface area (Å²) in [6.45, 7) is 5.60. The minimum atomic E-state index is -1.72. The van der Waals surface area contributed by atoms with Crippen LogP contribution in [0.25, 0.3) is 0 Å². The van der Waals surface area contributed by atoms with Gasteiger partial charge < -0.3 is 14.6 Å². The van der Waals surface area contributed by atoms with E-state index in [1.54, 1.807) is 0 Å². The van der Waals surface area contributed by atoms with Gasteiger partial charge in [-0.05, 0) is 19.8 Å². The molecule has 6 nitrogen and oxygen atoms in total. The summed E-state index contributed by atoms with van der Waals surface area (Å²) in [6, 6.07) is 0. The number of carbonyl (C=O) groups is 3. The van der Waals surface area contributed by atoms with Crippen LogP contribution in [0.2, 0.25) is 0 Å². The van der Waals surface area contributed by atoms with Gasteiger partial charge >= 0.3 is 5.97 Å². The topological polar surface area (TPSA) is 89.9 Å². The van der Waals surface area contributed by atoms with Gasteiger partial charge in [-0.25, -0.2) is 0 Å². The number of hydrogen-bond acceptors (Lipinski definition) is 5. The largest absolute Gasteiger partial charge is 0.480 e. The van der Waals surface area contributed by atoms with Crippen LogP contribution in [0.4, 0.5) is 0 Å². The lowest BCUT2D eigenvalue weighted by molar-refractivity contribution is -0.179. The molecule has 20 heavy (non-hydrogen) atoms. The molecule has 0 spiro atoms. The van der Waals surface area contributed by atoms with E-state index >= 15 is 0 Å². The molecule has 0 rings (SSSR count). The summed E-state index contributed by atoms with van der Waals surface area (Å²) in [7, 11) is 0. The maximum Gasteiger partial charge on any atom is 0.321 e. The summed E-state index contributed by atoms with van der Waals surface area (Å²) in [6.07, 6.45) is 1.95. The Morgan fingerprint density at radius 3 is 1.75 bits per heavy atom. The summed E-state index contributed by atoms with van der Waals surface area (Å²) in [5, 5.41) is 8.95. The zero-order chi connectivity index (χ0) is 15.5. The fourth-order valence-corrected chi connectivity index (χ4v) is 1.51. The van der Waals surface area contributed by atoms with Crippen LogP contribution in [0, 0.1) is 5.92 Å². The number of carboxylic acid groups (broad SMARTS) is 1. The molecule has 0 aromatic carbocycles. The molecule has 1 unspecified atom stereocenters. The van der Waals surface area contributed by atoms with Gasteiger partial charge in [0.2, 0.25) is 12.1 Å². The van der Waals surface area contributed by atoms with Crippen molar-refractivity contribution in [2.75, 3.05) is 13.2 Å². The van der Waals surface area contributed by atoms with Crippen LogP contribution < -0.4 is 0 Å². The van der Waals surface area contributed by atoms with Crippen molar-refractivity contribution in [1.29, 1.82) is 0 Å². The van der Waals surface area contributed by atoms with Crippen molar-refractivity contribution in [2.45, 2.75) is 52.7 Å². The Morgan fingerprint density at radius 1 is 1.00 bits per heavy atom. The number of hydrogen-bond donors (Lipinski definition) is 1. The smallest absolute Gasteiger partial charge is 0.321 e. The van der Waals surface area contributed by atoms with Gasteiger partial charge in [0.05, 0.1) is 13.2 Å². The van der Waals surface area contributed by atoms with Crippen LogP contribution in [0.3, 0.4) is 0 Å². The van der Waals surface area contributed by atoms with Crippen LogP contribution in [-0.2, 0) is 23.9 Å². The molecule has 0 aliphatic heterocycles. The molecule has 1 atom stereocenters. The number of aliphatic carboxylic acids is 1. The molecular formula is C14H24O6. The molecule has 0 aliphatic rings. The first-order chi connectivity index (χ1) is 9.45. The Labute approximate surface area is 119 Å². The molecular weight excluding hydrogens is 264 g/mol. The lowest BCUT2D eigenvalue weighted by atomic mass is 9.99. The van der Waals surface area contributed by atoms with Crippen molar-refractivity contribution in [3.63, 3.8) is 0 Å². The number of carbonyl (C=O) groups excluding carboxylic acids is 2. The highest BCUT2D eigenvalue weighted by Gasteiger charge is 2.37. The average molecular weight is 288 g/mol. The molecule has 0 aromatic heterocycles. The third-order valence-electron chi connectivity index (χ3n) is 2.70. The molecule has 0 aromatic rings. The third kappa shape index (κ3) is 6.77. The number of Topliss-reactive ketones (excluding diaryl/α,β-unsaturated/α-hetero) is 2. The molecule has 0 fully saturated rings. The van der Waals surface area contributed by atoms with E-state index < -0.39 is 29.7 Å². The van der Waals surface area contributed by atoms with Crippen molar-refractivity contribution >= 4 is 17.5 Å². The lowest BCUT2D eigenvalue weighted by Crippen LogP contribution is -2.40. The zero-order valence-electron chi connectivity index (χ0n) is 12.4. The number of ketones is 2. The average Bonchev–Trinajstić information content (AvgIpc) is 2.36. The van der Waals surface area contributed by atoms with E-state index in [1.807, 2.05) is 13.8 Å². The van der Waals surface area contributed by atoms with E-state index in [4.69, 9.17) is 14.6 Å². The number of ether oxygens (including phenoxy) is 2. The van der Waals surface area contributed by atoms with Gasteiger partial charge in [-0.3, -0.25) is 14.4 Å². The molecule has 1 N–H and O–H groups in total. The summed E-state index contributed by atoms with van der Waals surface area (Å²) >= 11 is 0. The highest BCUT2D eigenvalue weighted by Crippen LogP contribution is 2.10. The quantitative estimate of drug-likeness (QED) is 0.334. The van der Waals surface area contributed by atoms with Crippen LogP contribution in [0.1, 0.15) is 46.5 Å². The number of rotatable bonds is 12. The van der Waals surface area contributed by atoms with Gasteiger partial charge in [0, 0.05) is 0 Å². The van der Waals surface area contributed by atoms with Gasteiger partial charge in [0.25, 0.3) is 0 Å². The minimum absolute atomic E-state index is 0.295. The molecule has 0 amide bonds. The Kier molecular flexibility index (Phi) is 9.84. The Bertz CT molecular complexity index is 302. The second kappa shape index (κ2) is 10.5. The molecule has 0 aliphatic carbocycles. The van der Waals surface area contributed by atoms with E-state index in [2.05, 4.69) is 0 Å². The number of unbranched alkanes of at least 4 members (excludes halogenated alkanes) is 2. The van der Waals surface area contributed by atoms with E-state index in [0.717, 1.165) is 32.6 Å². The minimum Gasteiger partial charge on any atom is -0.480 e. The molecule has 0 bridgehead atoms. The first-order valence-corrected chi connectivity index (χ1v) is 6.95. The predicted octanol–water partition coefficient (Wildman–Crippen LogP) is 1.80. The zero-order valence-corrected chi connectivity index (χ0v) is 12.4. The van der Waals surface area contributed by atoms with Crippen LogP contribution in [0.15, 0.2) is 0 Å². The first kappa shape index (κ1) is 18.7. The highest BCUT2D eigenvalue weighted by atomic mass is 16.7. The normalized spacial score (nSPS) is 12.4. The van der Waals surface area contributed by atoms with E-state index in [0.29, 0.717) is 13.2 Å². The summed E-state index contributed by atoms with van der Waals surface area (Å²) < 4.78 is 10.6. The molecule has 0 radical (unpaired) electrons. The summed E-state index contributed by atoms with van der Waals surface area (Å²) in [4.78, 5) is 34.3. The molecule has 116 valence electrons. The first-order valence-electron chi connectivity index (χ1n) is 6.95. The van der Waals surface area contributed by atoms with Gasteiger partial charge in [-0.2, -0.15) is 0 Å². The Morgan fingerprint density at radius 2 is 1.45 bits per heavy atom. The van der Waals surface area contributed by atoms with Crippen molar-refractivity contribution in [3.8, 4) is 0 Å². The van der Waals surface area contributed by atoms with Crippen LogP contribution in [-0.4, -0.2) is 42.1 Å². The van der Waals surface area contributed by atoms with Crippen LogP contribution >= 0.6 is 0 Å². The monoisotopic (exact) mass is 288 g/mol. The fourth-order valence-electron chi connectivity index (χ4n) is 1.51. The van der Waals surface area contributed by atoms with E-state index in [9.17, 15) is 14.4 Å². The van der Waals surface area contributed by atoms with E-state index in [1.165, 1.54) is 0 Å². The summed E-state index contributed by atoms with van der Waals surface area (Å²) in [5.74, 6) is -4.74. The van der Waals surface area contributed by atoms with Crippen LogP contribution in [0.5, 0.6) is 0 Å². The Balaban J connectivity index is 4.73. The van der Waals surface area contributed by atoms with Crippen molar-refractivity contribution < 1.29 is 29.0 Å². The SMILES string of the molecule is CCCCOC(OCCCC)C(=O)C(C(C)=O)C(=O)O. The van der Waals surface area contributed by atoms with Crippen molar-refractivity contribution in [2.24, 2.45) is 5.92 Å². The van der Waals surface area contributed by atoms with Gasteiger partial charge in [0.1, 0.15) is 0 Å². The summed E-state index contributed by atoms with van der Waals surface area (Å²) in [5.41, 5.74) is 0. The third-order valence-corrected chi connectivity index (χ3v) is 2.70. The van der Waals surface area contributed by atoms with Gasteiger partial charge in [-0.1, -0.05) is 26.7 Å². The van der Waals surface area contributed by atoms with Gasteiger partial charge in [-0.15, -0.1) is 0 Å². The van der Waals surface area contributed by atoms with Crippen molar-refractivity contribution in [3.05, 3.63) is 0 Å². The lowest BCUT2D eigenvalue weighted by Gasteiger charge is -2.19. The molecule has 0 heterocycles. The predicted molar refractivity (Wildman–Crippen MR) is 72.3 cm³/mol.